The molecule has 4 nitrogen and oxygen atoms in total. The van der Waals surface area contributed by atoms with E-state index in [2.05, 4.69) is 4.98 Å². The van der Waals surface area contributed by atoms with Crippen molar-refractivity contribution in [3.63, 3.8) is 0 Å². The molecule has 0 aliphatic heterocycles. The van der Waals surface area contributed by atoms with Gasteiger partial charge >= 0.3 is 0 Å². The Labute approximate surface area is 126 Å². The second-order valence-corrected chi connectivity index (χ2v) is 5.13. The van der Waals surface area contributed by atoms with Gasteiger partial charge in [-0.25, -0.2) is 4.98 Å². The van der Waals surface area contributed by atoms with Gasteiger partial charge in [-0.1, -0.05) is 41.9 Å². The van der Waals surface area contributed by atoms with Gasteiger partial charge in [0.15, 0.2) is 17.7 Å². The fourth-order valence-corrected chi connectivity index (χ4v) is 2.39. The van der Waals surface area contributed by atoms with Crippen molar-refractivity contribution in [2.75, 3.05) is 0 Å². The summed E-state index contributed by atoms with van der Waals surface area (Å²) in [5.74, 6) is 0.558. The number of aryl methyl sites for hydroxylation is 1. The van der Waals surface area contributed by atoms with E-state index in [1.807, 2.05) is 30.3 Å². The number of pyridine rings is 1. The number of hydrogen-bond donors (Lipinski definition) is 0. The highest BCUT2D eigenvalue weighted by atomic mass is 35.5. The van der Waals surface area contributed by atoms with E-state index >= 15 is 0 Å². The van der Waals surface area contributed by atoms with E-state index in [1.54, 1.807) is 23.6 Å². The quantitative estimate of drug-likeness (QED) is 0.690. The van der Waals surface area contributed by atoms with Crippen molar-refractivity contribution in [3.05, 3.63) is 64.6 Å². The number of benzene rings is 1. The molecular formula is C16H13ClN2O2. The molecule has 5 heteroatoms. The molecule has 21 heavy (non-hydrogen) atoms. The number of nitrogens with zero attached hydrogens (tertiary/aromatic N) is 2. The summed E-state index contributed by atoms with van der Waals surface area (Å²) in [7, 11) is 0. The highest BCUT2D eigenvalue weighted by Gasteiger charge is 2.13. The van der Waals surface area contributed by atoms with Crippen LogP contribution in [0.25, 0.3) is 5.65 Å². The summed E-state index contributed by atoms with van der Waals surface area (Å²) in [4.78, 5) is 15.5. The smallest absolute Gasteiger partial charge is 0.180 e. The van der Waals surface area contributed by atoms with Gasteiger partial charge in [0.25, 0.3) is 0 Å². The maximum absolute atomic E-state index is 11.2. The number of rotatable bonds is 4. The molecule has 106 valence electrons. The van der Waals surface area contributed by atoms with Crippen molar-refractivity contribution in [2.45, 2.75) is 13.5 Å². The summed E-state index contributed by atoms with van der Waals surface area (Å²) in [5.41, 5.74) is 2.78. The zero-order valence-corrected chi connectivity index (χ0v) is 12.2. The number of aldehydes is 1. The Morgan fingerprint density at radius 1 is 1.33 bits per heavy atom. The summed E-state index contributed by atoms with van der Waals surface area (Å²) in [6.45, 7) is 2.20. The fourth-order valence-electron chi connectivity index (χ4n) is 2.20. The van der Waals surface area contributed by atoms with E-state index in [0.717, 1.165) is 11.8 Å². The van der Waals surface area contributed by atoms with E-state index in [9.17, 15) is 4.79 Å². The molecule has 2 aromatic heterocycles. The molecule has 0 aliphatic rings. The van der Waals surface area contributed by atoms with Gasteiger partial charge in [0.1, 0.15) is 12.3 Å². The Bertz CT molecular complexity index is 797. The van der Waals surface area contributed by atoms with Crippen molar-refractivity contribution < 1.29 is 9.53 Å². The molecule has 0 radical (unpaired) electrons. The number of carbonyl (C=O) groups excluding carboxylic acids is 1. The van der Waals surface area contributed by atoms with Crippen LogP contribution in [-0.4, -0.2) is 15.7 Å². The average Bonchev–Trinajstić information content (AvgIpc) is 2.81. The second-order valence-electron chi connectivity index (χ2n) is 4.69. The topological polar surface area (TPSA) is 43.6 Å². The van der Waals surface area contributed by atoms with Gasteiger partial charge in [0.05, 0.1) is 10.7 Å². The first kappa shape index (κ1) is 13.6. The van der Waals surface area contributed by atoms with Crippen LogP contribution in [0, 0.1) is 6.92 Å². The lowest BCUT2D eigenvalue weighted by atomic mass is 10.2. The lowest BCUT2D eigenvalue weighted by molar-refractivity contribution is 0.111. The summed E-state index contributed by atoms with van der Waals surface area (Å²) in [5, 5.41) is 0.492. The number of fused-ring (bicyclic) bond motifs is 1. The van der Waals surface area contributed by atoms with Crippen LogP contribution in [0.2, 0.25) is 5.02 Å². The van der Waals surface area contributed by atoms with Crippen LogP contribution in [0.1, 0.15) is 21.7 Å². The molecule has 0 unspecified atom stereocenters. The molecule has 0 saturated heterocycles. The molecule has 3 aromatic rings. The summed E-state index contributed by atoms with van der Waals surface area (Å²) in [6, 6.07) is 11.5. The summed E-state index contributed by atoms with van der Waals surface area (Å²) < 4.78 is 7.47. The lowest BCUT2D eigenvalue weighted by Gasteiger charge is -2.08. The lowest BCUT2D eigenvalue weighted by Crippen LogP contribution is -1.99. The van der Waals surface area contributed by atoms with Crippen LogP contribution in [0.3, 0.4) is 0 Å². The molecule has 0 bridgehead atoms. The molecule has 2 heterocycles. The first-order chi connectivity index (χ1) is 10.2. The van der Waals surface area contributed by atoms with Gasteiger partial charge < -0.3 is 4.74 Å². The van der Waals surface area contributed by atoms with Crippen molar-refractivity contribution in [2.24, 2.45) is 0 Å². The Kier molecular flexibility index (Phi) is 3.62. The third kappa shape index (κ3) is 2.62. The molecule has 0 N–H and O–H groups in total. The molecule has 0 atom stereocenters. The number of ether oxygens (including phenoxy) is 1. The molecule has 0 saturated carbocycles. The van der Waals surface area contributed by atoms with Crippen LogP contribution >= 0.6 is 11.6 Å². The minimum absolute atomic E-state index is 0.416. The molecule has 0 aliphatic carbocycles. The van der Waals surface area contributed by atoms with Gasteiger partial charge in [0.2, 0.25) is 0 Å². The number of imidazole rings is 1. The molecular weight excluding hydrogens is 288 g/mol. The van der Waals surface area contributed by atoms with Crippen molar-refractivity contribution in [1.82, 2.24) is 9.38 Å². The number of carbonyl (C=O) groups is 1. The minimum Gasteiger partial charge on any atom is -0.485 e. The van der Waals surface area contributed by atoms with Crippen LogP contribution in [0.15, 0.2) is 42.6 Å². The fraction of sp³-hybridized carbons (Fsp3) is 0.125. The normalized spacial score (nSPS) is 10.8. The van der Waals surface area contributed by atoms with E-state index in [1.165, 1.54) is 0 Å². The standard InChI is InChI=1S/C16H13ClN2O2/c1-11-14(9-20)19-8-13(17)7-15(16(19)18-11)21-10-12-5-3-2-4-6-12/h2-9H,10H2,1H3. The highest BCUT2D eigenvalue weighted by Crippen LogP contribution is 2.26. The zero-order chi connectivity index (χ0) is 14.8. The maximum Gasteiger partial charge on any atom is 0.180 e. The monoisotopic (exact) mass is 300 g/mol. The SMILES string of the molecule is Cc1nc2c(OCc3ccccc3)cc(Cl)cn2c1C=O. The van der Waals surface area contributed by atoms with Gasteiger partial charge in [-0.3, -0.25) is 9.20 Å². The van der Waals surface area contributed by atoms with E-state index in [-0.39, 0.29) is 0 Å². The highest BCUT2D eigenvalue weighted by molar-refractivity contribution is 6.30. The summed E-state index contributed by atoms with van der Waals surface area (Å²) >= 11 is 6.10. The predicted octanol–water partition coefficient (Wildman–Crippen LogP) is 3.69. The molecule has 0 fully saturated rings. The van der Waals surface area contributed by atoms with Crippen LogP contribution in [0.4, 0.5) is 0 Å². The first-order valence-electron chi connectivity index (χ1n) is 6.49. The zero-order valence-electron chi connectivity index (χ0n) is 11.4. The number of hydrogen-bond acceptors (Lipinski definition) is 3. The number of aromatic nitrogens is 2. The Morgan fingerprint density at radius 2 is 2.10 bits per heavy atom. The Balaban J connectivity index is 2.00. The van der Waals surface area contributed by atoms with Crippen molar-refractivity contribution in [3.8, 4) is 5.75 Å². The molecule has 1 aromatic carbocycles. The van der Waals surface area contributed by atoms with E-state index in [4.69, 9.17) is 16.3 Å². The van der Waals surface area contributed by atoms with Gasteiger partial charge in [-0.05, 0) is 12.5 Å². The molecule has 0 spiro atoms. The van der Waals surface area contributed by atoms with Crippen molar-refractivity contribution >= 4 is 23.5 Å². The van der Waals surface area contributed by atoms with E-state index < -0.39 is 0 Å². The predicted molar refractivity (Wildman–Crippen MR) is 81.1 cm³/mol. The van der Waals surface area contributed by atoms with E-state index in [0.29, 0.717) is 34.4 Å². The largest absolute Gasteiger partial charge is 0.485 e. The molecule has 0 amide bonds. The van der Waals surface area contributed by atoms with Gasteiger partial charge in [-0.15, -0.1) is 0 Å². The van der Waals surface area contributed by atoms with Crippen molar-refractivity contribution in [1.29, 1.82) is 0 Å². The third-order valence-corrected chi connectivity index (χ3v) is 3.43. The second kappa shape index (κ2) is 5.58. The van der Waals surface area contributed by atoms with Gasteiger partial charge in [-0.2, -0.15) is 0 Å². The average molecular weight is 301 g/mol. The minimum atomic E-state index is 0.416. The van der Waals surface area contributed by atoms with Crippen LogP contribution in [-0.2, 0) is 6.61 Å². The third-order valence-electron chi connectivity index (χ3n) is 3.22. The molecule has 3 rings (SSSR count). The maximum atomic E-state index is 11.2. The first-order valence-corrected chi connectivity index (χ1v) is 6.87. The van der Waals surface area contributed by atoms with Crippen LogP contribution < -0.4 is 4.74 Å². The summed E-state index contributed by atoms with van der Waals surface area (Å²) in [6.07, 6.45) is 2.43. The van der Waals surface area contributed by atoms with Crippen LogP contribution in [0.5, 0.6) is 5.75 Å². The Hall–Kier alpha value is -2.33. The number of halogens is 1. The Morgan fingerprint density at radius 3 is 2.81 bits per heavy atom. The van der Waals surface area contributed by atoms with Gasteiger partial charge in [0, 0.05) is 12.3 Å².